The van der Waals surface area contributed by atoms with Gasteiger partial charge in [-0.15, -0.1) is 0 Å². The zero-order valence-electron chi connectivity index (χ0n) is 19.7. The summed E-state index contributed by atoms with van der Waals surface area (Å²) in [6.45, 7) is 0.210. The smallest absolute Gasteiger partial charge is 0.261 e. The summed E-state index contributed by atoms with van der Waals surface area (Å²) in [5.74, 6) is 0.226. The molecule has 1 N–H and O–H groups in total. The number of methoxy groups -OCH3 is 1. The Bertz CT molecular complexity index is 1620. The minimum Gasteiger partial charge on any atom is -0.497 e. The van der Waals surface area contributed by atoms with E-state index in [0.29, 0.717) is 22.1 Å². The molecule has 0 unspecified atom stereocenters. The molecule has 186 valence electrons. The maximum atomic E-state index is 13.8. The number of nitrogens with zero attached hydrogens (tertiary/aromatic N) is 3. The van der Waals surface area contributed by atoms with Gasteiger partial charge in [-0.25, -0.2) is 13.4 Å². The van der Waals surface area contributed by atoms with Gasteiger partial charge in [-0.05, 0) is 66.7 Å². The molecule has 0 aliphatic heterocycles. The number of carbonyl (C=O) groups is 1. The van der Waals surface area contributed by atoms with E-state index in [4.69, 9.17) is 4.74 Å². The van der Waals surface area contributed by atoms with Crippen LogP contribution >= 0.6 is 11.3 Å². The summed E-state index contributed by atoms with van der Waals surface area (Å²) in [7, 11) is -2.36. The van der Waals surface area contributed by atoms with Crippen LogP contribution in [0, 0.1) is 0 Å². The number of carbonyl (C=O) groups excluding carboxylic acids is 1. The van der Waals surface area contributed by atoms with Crippen LogP contribution in [0.5, 0.6) is 5.75 Å². The van der Waals surface area contributed by atoms with Crippen LogP contribution in [0.1, 0.15) is 16.1 Å². The molecule has 2 aromatic heterocycles. The first-order valence-electron chi connectivity index (χ1n) is 11.3. The van der Waals surface area contributed by atoms with E-state index in [2.05, 4.69) is 14.7 Å². The number of pyridine rings is 1. The number of sulfonamides is 1. The number of fused-ring (bicyclic) bond motifs is 1. The fourth-order valence-electron chi connectivity index (χ4n) is 3.70. The molecule has 5 rings (SSSR count). The van der Waals surface area contributed by atoms with Crippen LogP contribution in [-0.2, 0) is 16.6 Å². The van der Waals surface area contributed by atoms with E-state index < -0.39 is 10.0 Å². The van der Waals surface area contributed by atoms with Crippen LogP contribution in [-0.4, -0.2) is 31.4 Å². The van der Waals surface area contributed by atoms with E-state index in [1.807, 2.05) is 42.5 Å². The molecule has 0 spiro atoms. The summed E-state index contributed by atoms with van der Waals surface area (Å²) in [4.78, 5) is 24.4. The van der Waals surface area contributed by atoms with Crippen LogP contribution in [0.15, 0.2) is 102 Å². The number of thiazole rings is 1. The Hall–Kier alpha value is -4.28. The first kappa shape index (κ1) is 24.4. The minimum absolute atomic E-state index is 0.0799. The number of benzene rings is 3. The molecule has 0 fully saturated rings. The van der Waals surface area contributed by atoms with E-state index in [1.165, 1.54) is 36.6 Å². The maximum absolute atomic E-state index is 13.8. The van der Waals surface area contributed by atoms with Crippen molar-refractivity contribution < 1.29 is 17.9 Å². The summed E-state index contributed by atoms with van der Waals surface area (Å²) in [6, 6.07) is 25.6. The molecular formula is C27H22N4O4S2. The molecule has 0 aliphatic rings. The third-order valence-corrected chi connectivity index (χ3v) is 7.99. The zero-order chi connectivity index (χ0) is 25.8. The zero-order valence-corrected chi connectivity index (χ0v) is 21.4. The van der Waals surface area contributed by atoms with Crippen LogP contribution in [0.25, 0.3) is 10.2 Å². The standard InChI is InChI=1S/C27H22N4O4S2/c1-35-22-12-14-23(15-13-22)37(33,34)30-20-9-6-7-19(17-20)26(32)31(18-21-8-4-5-16-28-21)27-29-24-10-2-3-11-25(24)36-27/h2-17,30H,18H2,1H3. The Balaban J connectivity index is 1.46. The van der Waals surface area contributed by atoms with Crippen LogP contribution < -0.4 is 14.4 Å². The third kappa shape index (κ3) is 5.45. The topological polar surface area (TPSA) is 101 Å². The summed E-state index contributed by atoms with van der Waals surface area (Å²) in [5.41, 5.74) is 2.07. The molecule has 10 heteroatoms. The Labute approximate surface area is 218 Å². The monoisotopic (exact) mass is 530 g/mol. The molecule has 0 aliphatic carbocycles. The fourth-order valence-corrected chi connectivity index (χ4v) is 5.71. The van der Waals surface area contributed by atoms with E-state index in [-0.39, 0.29) is 23.0 Å². The van der Waals surface area contributed by atoms with Gasteiger partial charge in [0.05, 0.1) is 34.5 Å². The summed E-state index contributed by atoms with van der Waals surface area (Å²) in [6.07, 6.45) is 1.67. The van der Waals surface area contributed by atoms with Crippen molar-refractivity contribution in [3.63, 3.8) is 0 Å². The lowest BCUT2D eigenvalue weighted by molar-refractivity contribution is 0.0985. The summed E-state index contributed by atoms with van der Waals surface area (Å²) in [5, 5.41) is 0.529. The molecule has 0 bridgehead atoms. The second kappa shape index (κ2) is 10.4. The van der Waals surface area contributed by atoms with Crippen molar-refractivity contribution in [2.75, 3.05) is 16.7 Å². The van der Waals surface area contributed by atoms with Crippen molar-refractivity contribution in [3.8, 4) is 5.75 Å². The highest BCUT2D eigenvalue weighted by Crippen LogP contribution is 2.31. The minimum atomic E-state index is -3.87. The predicted octanol–water partition coefficient (Wildman–Crippen LogP) is 5.35. The van der Waals surface area contributed by atoms with Crippen molar-refractivity contribution in [2.45, 2.75) is 11.4 Å². The van der Waals surface area contributed by atoms with Gasteiger partial charge >= 0.3 is 0 Å². The number of amides is 1. The normalized spacial score (nSPS) is 11.3. The summed E-state index contributed by atoms with van der Waals surface area (Å²) < 4.78 is 34.4. The number of ether oxygens (including phenoxy) is 1. The highest BCUT2D eigenvalue weighted by atomic mass is 32.2. The highest BCUT2D eigenvalue weighted by molar-refractivity contribution is 7.92. The van der Waals surface area contributed by atoms with Crippen molar-refractivity contribution in [1.29, 1.82) is 0 Å². The van der Waals surface area contributed by atoms with Gasteiger partial charge in [-0.1, -0.05) is 35.6 Å². The third-order valence-electron chi connectivity index (χ3n) is 5.54. The Kier molecular flexibility index (Phi) is 6.85. The molecule has 2 heterocycles. The number of para-hydroxylation sites is 1. The molecular weight excluding hydrogens is 508 g/mol. The average Bonchev–Trinajstić information content (AvgIpc) is 3.36. The van der Waals surface area contributed by atoms with E-state index in [0.717, 1.165) is 10.2 Å². The van der Waals surface area contributed by atoms with Gasteiger partial charge in [0, 0.05) is 17.4 Å². The lowest BCUT2D eigenvalue weighted by atomic mass is 10.1. The van der Waals surface area contributed by atoms with Crippen molar-refractivity contribution in [3.05, 3.63) is 108 Å². The first-order chi connectivity index (χ1) is 17.9. The Morgan fingerprint density at radius 1 is 0.973 bits per heavy atom. The Morgan fingerprint density at radius 3 is 2.49 bits per heavy atom. The number of anilines is 2. The molecule has 0 atom stereocenters. The van der Waals surface area contributed by atoms with Crippen molar-refractivity contribution >= 4 is 48.3 Å². The molecule has 0 saturated carbocycles. The van der Waals surface area contributed by atoms with Gasteiger partial charge in [0.25, 0.3) is 15.9 Å². The predicted molar refractivity (Wildman–Crippen MR) is 145 cm³/mol. The molecule has 8 nitrogen and oxygen atoms in total. The number of rotatable bonds is 8. The van der Waals surface area contributed by atoms with Crippen molar-refractivity contribution in [1.82, 2.24) is 9.97 Å². The van der Waals surface area contributed by atoms with Crippen molar-refractivity contribution in [2.24, 2.45) is 0 Å². The SMILES string of the molecule is COc1ccc(S(=O)(=O)Nc2cccc(C(=O)N(Cc3ccccn3)c3nc4ccccc4s3)c2)cc1. The average molecular weight is 531 g/mol. The number of aromatic nitrogens is 2. The molecule has 37 heavy (non-hydrogen) atoms. The van der Waals surface area contributed by atoms with E-state index >= 15 is 0 Å². The van der Waals surface area contributed by atoms with Gasteiger partial charge in [-0.2, -0.15) is 0 Å². The van der Waals surface area contributed by atoms with Gasteiger partial charge in [0.1, 0.15) is 5.75 Å². The van der Waals surface area contributed by atoms with Gasteiger partial charge in [0.15, 0.2) is 5.13 Å². The van der Waals surface area contributed by atoms with E-state index in [1.54, 1.807) is 41.4 Å². The van der Waals surface area contributed by atoms with Crippen LogP contribution in [0.4, 0.5) is 10.8 Å². The lowest BCUT2D eigenvalue weighted by Crippen LogP contribution is -2.30. The molecule has 5 aromatic rings. The number of hydrogen-bond donors (Lipinski definition) is 1. The highest BCUT2D eigenvalue weighted by Gasteiger charge is 2.23. The largest absolute Gasteiger partial charge is 0.497 e. The van der Waals surface area contributed by atoms with Crippen LogP contribution in [0.2, 0.25) is 0 Å². The number of nitrogens with one attached hydrogen (secondary N) is 1. The van der Waals surface area contributed by atoms with Gasteiger partial charge < -0.3 is 4.74 Å². The Morgan fingerprint density at radius 2 is 1.76 bits per heavy atom. The second-order valence-electron chi connectivity index (χ2n) is 8.04. The second-order valence-corrected chi connectivity index (χ2v) is 10.7. The maximum Gasteiger partial charge on any atom is 0.261 e. The van der Waals surface area contributed by atoms with Crippen LogP contribution in [0.3, 0.4) is 0 Å². The van der Waals surface area contributed by atoms with Gasteiger partial charge in [0.2, 0.25) is 0 Å². The fraction of sp³-hybridized carbons (Fsp3) is 0.0741. The molecule has 0 radical (unpaired) electrons. The molecule has 0 saturated heterocycles. The summed E-state index contributed by atoms with van der Waals surface area (Å²) >= 11 is 1.41. The number of hydrogen-bond acceptors (Lipinski definition) is 7. The first-order valence-corrected chi connectivity index (χ1v) is 13.6. The molecule has 1 amide bonds. The van der Waals surface area contributed by atoms with E-state index in [9.17, 15) is 13.2 Å². The quantitative estimate of drug-likeness (QED) is 0.290. The molecule has 3 aromatic carbocycles. The van der Waals surface area contributed by atoms with Gasteiger partial charge in [-0.3, -0.25) is 19.4 Å². The lowest BCUT2D eigenvalue weighted by Gasteiger charge is -2.20.